The van der Waals surface area contributed by atoms with E-state index in [1.807, 2.05) is 65.2 Å². The first-order valence-electron chi connectivity index (χ1n) is 21.9. The van der Waals surface area contributed by atoms with Gasteiger partial charge in [-0.05, 0) is 91.9 Å². The standard InChI is InChI=1S/C34H36N4O5S2.C14H17N3O3/c39-33-37(30-16-7-8-17-31(30)38(33)45(42,43)32-18-10-22-44-32)29-19-21-36(34(40)41)28(23-29)15-9-20-35(24-26-11-3-1-4-12-26)25-27-13-5-2-6-14-27;1-15-11-4-2-3-5-12(11)17(13(15)18)10-6-8-16(9-7-10)14(19)20/h1-8,10-14,16-18,22,28-29H,9,15,19-21,23-25H2,(H,40,41);2-5,10H,6-9H2,1H3,(H,19,20)/t28-,29?;/m0./s1. The summed E-state index contributed by atoms with van der Waals surface area (Å²) in [7, 11) is -2.32. The average Bonchev–Trinajstić information content (AvgIpc) is 4.03. The molecule has 2 fully saturated rings. The van der Waals surface area contributed by atoms with Crippen molar-refractivity contribution in [1.29, 1.82) is 0 Å². The quantitative estimate of drug-likeness (QED) is 0.124. The van der Waals surface area contributed by atoms with Gasteiger partial charge in [-0.1, -0.05) is 91.0 Å². The summed E-state index contributed by atoms with van der Waals surface area (Å²) < 4.78 is 33.2. The van der Waals surface area contributed by atoms with Crippen molar-refractivity contribution < 1.29 is 28.2 Å². The number of hydrogen-bond donors (Lipinski definition) is 2. The highest BCUT2D eigenvalue weighted by molar-refractivity contribution is 7.92. The molecule has 17 heteroatoms. The van der Waals surface area contributed by atoms with Crippen LogP contribution < -0.4 is 11.4 Å². The molecule has 65 heavy (non-hydrogen) atoms. The van der Waals surface area contributed by atoms with Crippen molar-refractivity contribution in [1.82, 2.24) is 32.4 Å². The first-order valence-corrected chi connectivity index (χ1v) is 24.2. The summed E-state index contributed by atoms with van der Waals surface area (Å²) in [5.74, 6) is 0. The molecule has 2 atom stereocenters. The van der Waals surface area contributed by atoms with Gasteiger partial charge in [-0.25, -0.2) is 19.2 Å². The Morgan fingerprint density at radius 1 is 0.662 bits per heavy atom. The number of aromatic nitrogens is 4. The van der Waals surface area contributed by atoms with E-state index in [0.717, 1.165) is 52.4 Å². The minimum absolute atomic E-state index is 0.0278. The van der Waals surface area contributed by atoms with Gasteiger partial charge in [-0.15, -0.1) is 11.3 Å². The van der Waals surface area contributed by atoms with Crippen molar-refractivity contribution in [2.24, 2.45) is 7.05 Å². The number of thiophene rings is 1. The number of likely N-dealkylation sites (tertiary alicyclic amines) is 2. The molecule has 2 amide bonds. The van der Waals surface area contributed by atoms with Gasteiger partial charge in [0.15, 0.2) is 0 Å². The number of fused-ring (bicyclic) bond motifs is 2. The molecule has 0 radical (unpaired) electrons. The number of benzene rings is 4. The molecule has 1 unspecified atom stereocenters. The lowest BCUT2D eigenvalue weighted by molar-refractivity contribution is 0.0853. The van der Waals surface area contributed by atoms with Crippen LogP contribution in [0, 0.1) is 0 Å². The molecule has 0 bridgehead atoms. The van der Waals surface area contributed by atoms with Gasteiger partial charge in [0.1, 0.15) is 4.21 Å². The van der Waals surface area contributed by atoms with E-state index in [4.69, 9.17) is 5.11 Å². The Labute approximate surface area is 380 Å². The monoisotopic (exact) mass is 919 g/mol. The maximum absolute atomic E-state index is 13.9. The minimum Gasteiger partial charge on any atom is -0.465 e. The van der Waals surface area contributed by atoms with E-state index >= 15 is 0 Å². The lowest BCUT2D eigenvalue weighted by atomic mass is 9.93. The second kappa shape index (κ2) is 19.8. The number of piperidine rings is 2. The van der Waals surface area contributed by atoms with Gasteiger partial charge >= 0.3 is 23.6 Å². The Kier molecular flexibility index (Phi) is 13.7. The first-order chi connectivity index (χ1) is 31.4. The number of hydrogen-bond acceptors (Lipinski definition) is 8. The first kappa shape index (κ1) is 45.1. The topological polar surface area (TPSA) is 172 Å². The van der Waals surface area contributed by atoms with E-state index in [9.17, 15) is 32.7 Å². The van der Waals surface area contributed by atoms with E-state index in [1.54, 1.807) is 51.9 Å². The highest BCUT2D eigenvalue weighted by atomic mass is 32.2. The molecular formula is C48H53N7O8S2. The zero-order valence-electron chi connectivity index (χ0n) is 36.1. The SMILES string of the molecule is Cn1c(=O)n(C2CCN(C(=O)O)CC2)c2ccccc21.O=C(O)N1CCC(n2c(=O)n(S(=O)(=O)c3cccs3)c3ccccc32)C[C@@H]1CCCN(Cc1ccccc1)Cc1ccccc1. The minimum atomic E-state index is -4.09. The summed E-state index contributed by atoms with van der Waals surface area (Å²) in [6.07, 6.45) is 1.75. The van der Waals surface area contributed by atoms with Crippen LogP contribution in [0.1, 0.15) is 61.7 Å². The van der Waals surface area contributed by atoms with Crippen LogP contribution >= 0.6 is 11.3 Å². The molecule has 15 nitrogen and oxygen atoms in total. The van der Waals surface area contributed by atoms with Gasteiger partial charge in [0.2, 0.25) is 0 Å². The predicted octanol–water partition coefficient (Wildman–Crippen LogP) is 7.92. The van der Waals surface area contributed by atoms with E-state index < -0.39 is 27.9 Å². The van der Waals surface area contributed by atoms with Crippen molar-refractivity contribution in [3.05, 3.63) is 159 Å². The molecule has 0 saturated carbocycles. The zero-order chi connectivity index (χ0) is 45.7. The Balaban J connectivity index is 0.000000239. The van der Waals surface area contributed by atoms with Gasteiger partial charge in [0, 0.05) is 57.9 Å². The number of aryl methyl sites for hydroxylation is 1. The van der Waals surface area contributed by atoms with Gasteiger partial charge in [0.05, 0.1) is 22.1 Å². The second-order valence-corrected chi connectivity index (χ2v) is 19.6. The third-order valence-corrected chi connectivity index (χ3v) is 15.7. The van der Waals surface area contributed by atoms with Crippen molar-refractivity contribution >= 4 is 55.6 Å². The van der Waals surface area contributed by atoms with E-state index in [1.165, 1.54) is 27.0 Å². The fraction of sp³-hybridized carbons (Fsp3) is 0.333. The third kappa shape index (κ3) is 9.67. The Hall–Kier alpha value is -6.43. The molecule has 0 spiro atoms. The van der Waals surface area contributed by atoms with E-state index in [0.29, 0.717) is 56.2 Å². The number of rotatable bonds is 12. The van der Waals surface area contributed by atoms with Gasteiger partial charge in [-0.3, -0.25) is 18.6 Å². The molecule has 2 saturated heterocycles. The zero-order valence-corrected chi connectivity index (χ0v) is 37.8. The highest BCUT2D eigenvalue weighted by Gasteiger charge is 2.36. The molecular weight excluding hydrogens is 867 g/mol. The number of imidazole rings is 2. The third-order valence-electron chi connectivity index (χ3n) is 12.6. The van der Waals surface area contributed by atoms with Crippen molar-refractivity contribution in [3.63, 3.8) is 0 Å². The average molecular weight is 920 g/mol. The van der Waals surface area contributed by atoms with Crippen LogP contribution in [-0.2, 0) is 30.2 Å². The van der Waals surface area contributed by atoms with Crippen LogP contribution in [0.5, 0.6) is 0 Å². The lowest BCUT2D eigenvalue weighted by Crippen LogP contribution is -2.47. The van der Waals surface area contributed by atoms with Crippen LogP contribution in [0.2, 0.25) is 0 Å². The fourth-order valence-corrected chi connectivity index (χ4v) is 11.9. The Bertz CT molecular complexity index is 2930. The van der Waals surface area contributed by atoms with Crippen LogP contribution in [0.3, 0.4) is 0 Å². The summed E-state index contributed by atoms with van der Waals surface area (Å²) in [6, 6.07) is 37.8. The lowest BCUT2D eigenvalue weighted by Gasteiger charge is -2.38. The number of nitrogens with zero attached hydrogens (tertiary/aromatic N) is 7. The van der Waals surface area contributed by atoms with Crippen molar-refractivity contribution in [2.75, 3.05) is 26.2 Å². The van der Waals surface area contributed by atoms with E-state index in [2.05, 4.69) is 29.2 Å². The smallest absolute Gasteiger partial charge is 0.407 e. The van der Waals surface area contributed by atoms with Gasteiger partial charge < -0.3 is 20.0 Å². The summed E-state index contributed by atoms with van der Waals surface area (Å²) >= 11 is 1.07. The Morgan fingerprint density at radius 3 is 1.77 bits per heavy atom. The van der Waals surface area contributed by atoms with Crippen molar-refractivity contribution in [2.45, 2.75) is 73.9 Å². The number of para-hydroxylation sites is 4. The molecule has 2 aliphatic heterocycles. The highest BCUT2D eigenvalue weighted by Crippen LogP contribution is 2.33. The predicted molar refractivity (Wildman–Crippen MR) is 251 cm³/mol. The van der Waals surface area contributed by atoms with Crippen LogP contribution in [0.15, 0.2) is 141 Å². The van der Waals surface area contributed by atoms with E-state index in [-0.39, 0.29) is 34.6 Å². The summed E-state index contributed by atoms with van der Waals surface area (Å²) in [5.41, 5.74) is 4.48. The molecule has 0 aliphatic carbocycles. The molecule has 340 valence electrons. The number of carbonyl (C=O) groups is 2. The fourth-order valence-electron chi connectivity index (χ4n) is 9.45. The summed E-state index contributed by atoms with van der Waals surface area (Å²) in [6.45, 7) is 3.56. The number of amides is 2. The molecule has 2 N–H and O–H groups in total. The Morgan fingerprint density at radius 2 is 1.20 bits per heavy atom. The van der Waals surface area contributed by atoms with Crippen LogP contribution in [0.25, 0.3) is 22.1 Å². The molecule has 7 aromatic rings. The van der Waals surface area contributed by atoms with Gasteiger partial charge in [-0.2, -0.15) is 12.4 Å². The van der Waals surface area contributed by atoms with Crippen LogP contribution in [-0.4, -0.2) is 95.4 Å². The van der Waals surface area contributed by atoms with Crippen LogP contribution in [0.4, 0.5) is 9.59 Å². The largest absolute Gasteiger partial charge is 0.465 e. The molecule has 4 aromatic carbocycles. The normalized spacial score (nSPS) is 17.1. The summed E-state index contributed by atoms with van der Waals surface area (Å²) in [5, 5.41) is 20.7. The molecule has 2 aliphatic rings. The second-order valence-electron chi connectivity index (χ2n) is 16.7. The maximum Gasteiger partial charge on any atom is 0.407 e. The molecule has 3 aromatic heterocycles. The molecule has 5 heterocycles. The molecule has 9 rings (SSSR count). The van der Waals surface area contributed by atoms with Gasteiger partial charge in [0.25, 0.3) is 10.0 Å². The maximum atomic E-state index is 13.9. The number of carboxylic acid groups (broad SMARTS) is 2. The van der Waals surface area contributed by atoms with Crippen molar-refractivity contribution in [3.8, 4) is 0 Å². The summed E-state index contributed by atoms with van der Waals surface area (Å²) in [4.78, 5) is 54.8.